The summed E-state index contributed by atoms with van der Waals surface area (Å²) in [6.45, 7) is 6.59. The average Bonchev–Trinajstić information content (AvgIpc) is 2.48. The van der Waals surface area contributed by atoms with E-state index >= 15 is 0 Å². The van der Waals surface area contributed by atoms with Crippen LogP contribution in [-0.2, 0) is 12.0 Å². The van der Waals surface area contributed by atoms with E-state index in [1.54, 1.807) is 0 Å². The summed E-state index contributed by atoms with van der Waals surface area (Å²) < 4.78 is 0. The first-order valence-corrected chi connectivity index (χ1v) is 7.84. The fraction of sp³-hybridized carbons (Fsp3) is 0.400. The zero-order valence-corrected chi connectivity index (χ0v) is 14.5. The molecule has 2 heteroatoms. The standard InChI is InChI=1S/C20H26O.ClH/c1-16(2)14-17(3)20(21,19-12-8-5-9-13-19)15-18-10-6-4-7-11-18;/h4-13,16-17,21H,14-15H2,1-3H3;1H. The Labute approximate surface area is 140 Å². The van der Waals surface area contributed by atoms with Gasteiger partial charge < -0.3 is 5.11 Å². The van der Waals surface area contributed by atoms with Gasteiger partial charge in [-0.05, 0) is 29.4 Å². The van der Waals surface area contributed by atoms with E-state index in [0.29, 0.717) is 12.3 Å². The lowest BCUT2D eigenvalue weighted by molar-refractivity contribution is -0.0247. The van der Waals surface area contributed by atoms with Crippen LogP contribution >= 0.6 is 12.4 Å². The lowest BCUT2D eigenvalue weighted by Crippen LogP contribution is -2.36. The number of hydrogen-bond acceptors (Lipinski definition) is 1. The van der Waals surface area contributed by atoms with E-state index in [2.05, 4.69) is 32.9 Å². The van der Waals surface area contributed by atoms with Gasteiger partial charge in [-0.3, -0.25) is 0 Å². The fourth-order valence-corrected chi connectivity index (χ4v) is 3.10. The molecule has 2 unspecified atom stereocenters. The number of hydrogen-bond donors (Lipinski definition) is 1. The first-order chi connectivity index (χ1) is 10.0. The maximum Gasteiger partial charge on any atom is 0.0962 e. The molecule has 1 N–H and O–H groups in total. The first kappa shape index (κ1) is 18.7. The third kappa shape index (κ3) is 4.59. The molecule has 1 nitrogen and oxygen atoms in total. The van der Waals surface area contributed by atoms with E-state index in [-0.39, 0.29) is 18.3 Å². The van der Waals surface area contributed by atoms with Crippen LogP contribution in [0.1, 0.15) is 38.3 Å². The average molecular weight is 319 g/mol. The molecule has 0 radical (unpaired) electrons. The molecule has 120 valence electrons. The molecule has 0 aliphatic rings. The maximum atomic E-state index is 11.5. The van der Waals surface area contributed by atoms with Gasteiger partial charge in [-0.1, -0.05) is 81.4 Å². The van der Waals surface area contributed by atoms with Gasteiger partial charge in [-0.25, -0.2) is 0 Å². The van der Waals surface area contributed by atoms with Gasteiger partial charge >= 0.3 is 0 Å². The van der Waals surface area contributed by atoms with Crippen molar-refractivity contribution < 1.29 is 5.11 Å². The van der Waals surface area contributed by atoms with E-state index in [4.69, 9.17) is 0 Å². The molecule has 0 spiro atoms. The zero-order valence-electron chi connectivity index (χ0n) is 13.7. The van der Waals surface area contributed by atoms with E-state index in [1.165, 1.54) is 5.56 Å². The minimum absolute atomic E-state index is 0. The highest BCUT2D eigenvalue weighted by molar-refractivity contribution is 5.85. The second-order valence-corrected chi connectivity index (χ2v) is 6.48. The van der Waals surface area contributed by atoms with Crippen molar-refractivity contribution in [2.75, 3.05) is 0 Å². The highest BCUT2D eigenvalue weighted by atomic mass is 35.5. The Hall–Kier alpha value is -1.31. The van der Waals surface area contributed by atoms with Gasteiger partial charge in [-0.15, -0.1) is 12.4 Å². The number of benzene rings is 2. The molecule has 0 aliphatic carbocycles. The summed E-state index contributed by atoms with van der Waals surface area (Å²) in [4.78, 5) is 0. The third-order valence-electron chi connectivity index (χ3n) is 4.23. The fourth-order valence-electron chi connectivity index (χ4n) is 3.10. The van der Waals surface area contributed by atoms with Crippen molar-refractivity contribution in [3.63, 3.8) is 0 Å². The van der Waals surface area contributed by atoms with Crippen LogP contribution in [0, 0.1) is 11.8 Å². The molecule has 2 rings (SSSR count). The van der Waals surface area contributed by atoms with Gasteiger partial charge in [0.2, 0.25) is 0 Å². The second kappa shape index (κ2) is 8.36. The Morgan fingerprint density at radius 2 is 1.36 bits per heavy atom. The predicted molar refractivity (Wildman–Crippen MR) is 96.4 cm³/mol. The number of aliphatic hydroxyl groups is 1. The van der Waals surface area contributed by atoms with E-state index in [9.17, 15) is 5.11 Å². The van der Waals surface area contributed by atoms with Crippen molar-refractivity contribution in [1.29, 1.82) is 0 Å². The summed E-state index contributed by atoms with van der Waals surface area (Å²) in [6, 6.07) is 20.4. The Balaban J connectivity index is 0.00000242. The molecule has 0 bridgehead atoms. The van der Waals surface area contributed by atoms with Crippen LogP contribution in [0.5, 0.6) is 0 Å². The Bertz CT molecular complexity index is 538. The molecule has 2 atom stereocenters. The molecule has 0 amide bonds. The lowest BCUT2D eigenvalue weighted by Gasteiger charge is -2.36. The molecule has 0 saturated heterocycles. The SMILES string of the molecule is CC(C)CC(C)C(O)(Cc1ccccc1)c1ccccc1.Cl. The van der Waals surface area contributed by atoms with Crippen molar-refractivity contribution in [1.82, 2.24) is 0 Å². The zero-order chi connectivity index (χ0) is 15.3. The normalized spacial score (nSPS) is 15.0. The van der Waals surface area contributed by atoms with E-state index in [1.807, 2.05) is 48.5 Å². The minimum atomic E-state index is -0.813. The van der Waals surface area contributed by atoms with Crippen LogP contribution in [0.15, 0.2) is 60.7 Å². The quantitative estimate of drug-likeness (QED) is 0.774. The molecule has 2 aromatic carbocycles. The second-order valence-electron chi connectivity index (χ2n) is 6.48. The Morgan fingerprint density at radius 3 is 1.86 bits per heavy atom. The molecule has 0 heterocycles. The highest BCUT2D eigenvalue weighted by Crippen LogP contribution is 2.36. The monoisotopic (exact) mass is 318 g/mol. The lowest BCUT2D eigenvalue weighted by atomic mass is 9.75. The van der Waals surface area contributed by atoms with Gasteiger partial charge in [0.1, 0.15) is 0 Å². The van der Waals surface area contributed by atoms with Crippen LogP contribution < -0.4 is 0 Å². The van der Waals surface area contributed by atoms with Gasteiger partial charge in [0.15, 0.2) is 0 Å². The summed E-state index contributed by atoms with van der Waals surface area (Å²) in [5.74, 6) is 0.783. The van der Waals surface area contributed by atoms with E-state index in [0.717, 1.165) is 12.0 Å². The molecule has 0 fully saturated rings. The third-order valence-corrected chi connectivity index (χ3v) is 4.23. The minimum Gasteiger partial charge on any atom is -0.385 e. The molecular formula is C20H27ClO. The van der Waals surface area contributed by atoms with Crippen molar-refractivity contribution >= 4 is 12.4 Å². The summed E-state index contributed by atoms with van der Waals surface area (Å²) in [6.07, 6.45) is 1.67. The largest absolute Gasteiger partial charge is 0.385 e. The van der Waals surface area contributed by atoms with Crippen LogP contribution in [0.4, 0.5) is 0 Å². The van der Waals surface area contributed by atoms with Crippen molar-refractivity contribution in [3.8, 4) is 0 Å². The van der Waals surface area contributed by atoms with Gasteiger partial charge in [0, 0.05) is 6.42 Å². The van der Waals surface area contributed by atoms with Crippen LogP contribution in [-0.4, -0.2) is 5.11 Å². The summed E-state index contributed by atoms with van der Waals surface area (Å²) >= 11 is 0. The molecule has 0 aromatic heterocycles. The van der Waals surface area contributed by atoms with Crippen LogP contribution in [0.25, 0.3) is 0 Å². The van der Waals surface area contributed by atoms with Crippen molar-refractivity contribution in [2.45, 2.75) is 39.2 Å². The molecular weight excluding hydrogens is 292 g/mol. The van der Waals surface area contributed by atoms with Gasteiger partial charge in [0.05, 0.1) is 5.60 Å². The Kier molecular flexibility index (Phi) is 7.12. The van der Waals surface area contributed by atoms with E-state index < -0.39 is 5.60 Å². The van der Waals surface area contributed by atoms with Crippen LogP contribution in [0.2, 0.25) is 0 Å². The summed E-state index contributed by atoms with van der Waals surface area (Å²) in [5, 5.41) is 11.5. The smallest absolute Gasteiger partial charge is 0.0962 e. The van der Waals surface area contributed by atoms with Gasteiger partial charge in [-0.2, -0.15) is 0 Å². The highest BCUT2D eigenvalue weighted by Gasteiger charge is 2.35. The van der Waals surface area contributed by atoms with Crippen molar-refractivity contribution in [2.24, 2.45) is 11.8 Å². The topological polar surface area (TPSA) is 20.2 Å². The van der Waals surface area contributed by atoms with Gasteiger partial charge in [0.25, 0.3) is 0 Å². The maximum absolute atomic E-state index is 11.5. The number of rotatable bonds is 6. The predicted octanol–water partition coefficient (Wildman–Crippen LogP) is 5.22. The Morgan fingerprint density at radius 1 is 0.864 bits per heavy atom. The van der Waals surface area contributed by atoms with Crippen LogP contribution in [0.3, 0.4) is 0 Å². The first-order valence-electron chi connectivity index (χ1n) is 7.84. The molecule has 22 heavy (non-hydrogen) atoms. The number of halogens is 1. The summed E-state index contributed by atoms with van der Waals surface area (Å²) in [5.41, 5.74) is 1.38. The molecule has 2 aromatic rings. The molecule has 0 saturated carbocycles. The summed E-state index contributed by atoms with van der Waals surface area (Å²) in [7, 11) is 0. The molecule has 0 aliphatic heterocycles. The van der Waals surface area contributed by atoms with Crippen molar-refractivity contribution in [3.05, 3.63) is 71.8 Å².